The molecule has 5 heteroatoms. The largest absolute Gasteiger partial charge is 0.508 e. The molecule has 0 saturated carbocycles. The van der Waals surface area contributed by atoms with Crippen LogP contribution in [0.25, 0.3) is 0 Å². The van der Waals surface area contributed by atoms with Gasteiger partial charge < -0.3 is 10.2 Å². The molecule has 0 aliphatic heterocycles. The maximum Gasteiger partial charge on any atom is 0.152 e. The standard InChI is InChI=1S/C15H13Cl3O2/c1-15(2,10-4-3-9(19)7-11(10)16)8-5-12(17)14(20)13(18)6-8/h3-7,19-20H,1-2H3. The predicted molar refractivity (Wildman–Crippen MR) is 83.4 cm³/mol. The smallest absolute Gasteiger partial charge is 0.152 e. The third-order valence-electron chi connectivity index (χ3n) is 3.36. The van der Waals surface area contributed by atoms with Crippen LogP contribution in [-0.4, -0.2) is 10.2 Å². The molecule has 0 saturated heterocycles. The molecule has 0 atom stereocenters. The van der Waals surface area contributed by atoms with E-state index in [2.05, 4.69) is 0 Å². The molecule has 0 aromatic heterocycles. The van der Waals surface area contributed by atoms with Crippen molar-refractivity contribution in [1.29, 1.82) is 0 Å². The van der Waals surface area contributed by atoms with Crippen molar-refractivity contribution in [3.63, 3.8) is 0 Å². The zero-order chi connectivity index (χ0) is 15.1. The Morgan fingerprint density at radius 2 is 1.40 bits per heavy atom. The molecule has 2 aromatic carbocycles. The molecule has 0 aliphatic rings. The molecule has 0 amide bonds. The van der Waals surface area contributed by atoms with E-state index < -0.39 is 5.41 Å². The molecule has 0 bridgehead atoms. The molecule has 0 radical (unpaired) electrons. The number of phenolic OH excluding ortho intramolecular Hbond substituents is 2. The van der Waals surface area contributed by atoms with E-state index in [1.807, 2.05) is 13.8 Å². The van der Waals surface area contributed by atoms with Gasteiger partial charge in [0.2, 0.25) is 0 Å². The van der Waals surface area contributed by atoms with E-state index in [9.17, 15) is 10.2 Å². The highest BCUT2D eigenvalue weighted by Crippen LogP contribution is 2.42. The zero-order valence-electron chi connectivity index (χ0n) is 10.9. The lowest BCUT2D eigenvalue weighted by Crippen LogP contribution is -2.19. The minimum atomic E-state index is -0.480. The van der Waals surface area contributed by atoms with E-state index in [0.29, 0.717) is 5.02 Å². The van der Waals surface area contributed by atoms with Crippen molar-refractivity contribution in [3.8, 4) is 11.5 Å². The molecule has 2 nitrogen and oxygen atoms in total. The van der Waals surface area contributed by atoms with Crippen molar-refractivity contribution in [2.45, 2.75) is 19.3 Å². The fraction of sp³-hybridized carbons (Fsp3) is 0.200. The SMILES string of the molecule is CC(C)(c1cc(Cl)c(O)c(Cl)c1)c1ccc(O)cc1Cl. The van der Waals surface area contributed by atoms with Gasteiger partial charge in [-0.3, -0.25) is 0 Å². The first-order chi connectivity index (χ1) is 9.23. The van der Waals surface area contributed by atoms with Crippen LogP contribution in [0.1, 0.15) is 25.0 Å². The van der Waals surface area contributed by atoms with Gasteiger partial charge >= 0.3 is 0 Å². The first-order valence-electron chi connectivity index (χ1n) is 5.91. The fourth-order valence-corrected chi connectivity index (χ4v) is 2.99. The average Bonchev–Trinajstić information content (AvgIpc) is 2.34. The van der Waals surface area contributed by atoms with Gasteiger partial charge in [-0.25, -0.2) is 0 Å². The number of rotatable bonds is 2. The van der Waals surface area contributed by atoms with Gasteiger partial charge in [0.1, 0.15) is 5.75 Å². The summed E-state index contributed by atoms with van der Waals surface area (Å²) >= 11 is 18.1. The van der Waals surface area contributed by atoms with Gasteiger partial charge in [-0.1, -0.05) is 54.7 Å². The maximum atomic E-state index is 9.64. The summed E-state index contributed by atoms with van der Waals surface area (Å²) in [5.41, 5.74) is 1.17. The average molecular weight is 332 g/mol. The summed E-state index contributed by atoms with van der Waals surface area (Å²) in [4.78, 5) is 0. The van der Waals surface area contributed by atoms with Crippen LogP contribution in [0.2, 0.25) is 15.1 Å². The number of aromatic hydroxyl groups is 2. The maximum absolute atomic E-state index is 9.64. The van der Waals surface area contributed by atoms with Gasteiger partial charge in [0, 0.05) is 10.4 Å². The Balaban J connectivity index is 2.60. The second-order valence-electron chi connectivity index (χ2n) is 5.08. The predicted octanol–water partition coefficient (Wildman–Crippen LogP) is 5.38. The topological polar surface area (TPSA) is 40.5 Å². The molecule has 0 aliphatic carbocycles. The van der Waals surface area contributed by atoms with E-state index in [1.54, 1.807) is 24.3 Å². The molecule has 2 aromatic rings. The molecule has 0 fully saturated rings. The number of halogens is 3. The summed E-state index contributed by atoms with van der Waals surface area (Å²) in [7, 11) is 0. The third-order valence-corrected chi connectivity index (χ3v) is 4.25. The number of hydrogen-bond donors (Lipinski definition) is 2. The van der Waals surface area contributed by atoms with Crippen molar-refractivity contribution in [2.24, 2.45) is 0 Å². The van der Waals surface area contributed by atoms with Crippen LogP contribution in [0.3, 0.4) is 0 Å². The molecule has 0 spiro atoms. The second kappa shape index (κ2) is 5.36. The highest BCUT2D eigenvalue weighted by atomic mass is 35.5. The van der Waals surface area contributed by atoms with E-state index >= 15 is 0 Å². The first-order valence-corrected chi connectivity index (χ1v) is 7.04. The fourth-order valence-electron chi connectivity index (χ4n) is 2.09. The van der Waals surface area contributed by atoms with Crippen LogP contribution in [0.15, 0.2) is 30.3 Å². The Morgan fingerprint density at radius 1 is 0.850 bits per heavy atom. The van der Waals surface area contributed by atoms with Crippen LogP contribution >= 0.6 is 34.8 Å². The molecular weight excluding hydrogens is 319 g/mol. The van der Waals surface area contributed by atoms with Gasteiger partial charge in [0.15, 0.2) is 5.75 Å². The summed E-state index contributed by atoms with van der Waals surface area (Å²) in [5.74, 6) is -0.0268. The van der Waals surface area contributed by atoms with Crippen LogP contribution in [0.4, 0.5) is 0 Å². The summed E-state index contributed by atoms with van der Waals surface area (Å²) in [6, 6.07) is 8.14. The van der Waals surface area contributed by atoms with Crippen LogP contribution in [0.5, 0.6) is 11.5 Å². The van der Waals surface area contributed by atoms with Crippen molar-refractivity contribution in [1.82, 2.24) is 0 Å². The summed E-state index contributed by atoms with van der Waals surface area (Å²) < 4.78 is 0. The van der Waals surface area contributed by atoms with Gasteiger partial charge in [0.25, 0.3) is 0 Å². The van der Waals surface area contributed by atoms with Crippen LogP contribution < -0.4 is 0 Å². The lowest BCUT2D eigenvalue weighted by molar-refractivity contribution is 0.474. The molecule has 2 N–H and O–H groups in total. The lowest BCUT2D eigenvalue weighted by atomic mass is 9.78. The van der Waals surface area contributed by atoms with E-state index in [-0.39, 0.29) is 21.5 Å². The number of benzene rings is 2. The van der Waals surface area contributed by atoms with Crippen LogP contribution in [0, 0.1) is 0 Å². The normalized spacial score (nSPS) is 11.7. The minimum Gasteiger partial charge on any atom is -0.508 e. The van der Waals surface area contributed by atoms with Gasteiger partial charge in [0.05, 0.1) is 10.0 Å². The second-order valence-corrected chi connectivity index (χ2v) is 6.30. The Hall–Kier alpha value is -1.09. The van der Waals surface area contributed by atoms with Crippen molar-refractivity contribution in [3.05, 3.63) is 56.5 Å². The van der Waals surface area contributed by atoms with Gasteiger partial charge in [-0.15, -0.1) is 0 Å². The molecule has 0 unspecified atom stereocenters. The number of phenols is 2. The highest BCUT2D eigenvalue weighted by molar-refractivity contribution is 6.37. The minimum absolute atomic E-state index is 0.108. The molecular formula is C15H13Cl3O2. The lowest BCUT2D eigenvalue weighted by Gasteiger charge is -2.28. The molecule has 106 valence electrons. The molecule has 20 heavy (non-hydrogen) atoms. The van der Waals surface area contributed by atoms with E-state index in [4.69, 9.17) is 34.8 Å². The van der Waals surface area contributed by atoms with Gasteiger partial charge in [-0.2, -0.15) is 0 Å². The van der Waals surface area contributed by atoms with E-state index in [0.717, 1.165) is 11.1 Å². The van der Waals surface area contributed by atoms with E-state index in [1.165, 1.54) is 6.07 Å². The summed E-state index contributed by atoms with van der Waals surface area (Å²) in [5, 5.41) is 19.9. The first kappa shape index (κ1) is 15.3. The Labute approximate surface area is 132 Å². The van der Waals surface area contributed by atoms with Crippen molar-refractivity contribution >= 4 is 34.8 Å². The summed E-state index contributed by atoms with van der Waals surface area (Å²) in [6.45, 7) is 3.93. The number of hydrogen-bond acceptors (Lipinski definition) is 2. The third kappa shape index (κ3) is 2.69. The monoisotopic (exact) mass is 330 g/mol. The highest BCUT2D eigenvalue weighted by Gasteiger charge is 2.27. The zero-order valence-corrected chi connectivity index (χ0v) is 13.2. The molecule has 0 heterocycles. The van der Waals surface area contributed by atoms with Crippen LogP contribution in [-0.2, 0) is 5.41 Å². The quantitative estimate of drug-likeness (QED) is 0.775. The Kier molecular flexibility index (Phi) is 4.10. The Bertz CT molecular complexity index is 643. The summed E-state index contributed by atoms with van der Waals surface area (Å²) in [6.07, 6.45) is 0. The van der Waals surface area contributed by atoms with Gasteiger partial charge in [-0.05, 0) is 35.4 Å². The van der Waals surface area contributed by atoms with Crippen molar-refractivity contribution in [2.75, 3.05) is 0 Å². The van der Waals surface area contributed by atoms with Crippen molar-refractivity contribution < 1.29 is 10.2 Å². The molecule has 2 rings (SSSR count). The Morgan fingerprint density at radius 3 is 1.90 bits per heavy atom.